The van der Waals surface area contributed by atoms with Gasteiger partial charge in [0.15, 0.2) is 0 Å². The van der Waals surface area contributed by atoms with Gasteiger partial charge in [0.25, 0.3) is 5.91 Å². The van der Waals surface area contributed by atoms with Crippen molar-refractivity contribution >= 4 is 40.7 Å². The van der Waals surface area contributed by atoms with Crippen molar-refractivity contribution in [3.05, 3.63) is 40.0 Å². The summed E-state index contributed by atoms with van der Waals surface area (Å²) < 4.78 is 0. The molecule has 2 amide bonds. The van der Waals surface area contributed by atoms with Crippen molar-refractivity contribution in [1.29, 1.82) is 5.26 Å². The Balaban J connectivity index is 2.60. The Bertz CT molecular complexity index is 638. The molecule has 1 aromatic carbocycles. The van der Waals surface area contributed by atoms with Crippen molar-refractivity contribution in [3.63, 3.8) is 0 Å². The zero-order chi connectivity index (χ0) is 16.5. The van der Waals surface area contributed by atoms with E-state index in [0.717, 1.165) is 0 Å². The van der Waals surface area contributed by atoms with E-state index in [9.17, 15) is 9.59 Å². The van der Waals surface area contributed by atoms with E-state index in [1.165, 1.54) is 19.2 Å². The number of nitriles is 1. The molecule has 0 spiro atoms. The third-order valence-corrected chi connectivity index (χ3v) is 2.98. The first-order valence-electron chi connectivity index (χ1n) is 6.28. The summed E-state index contributed by atoms with van der Waals surface area (Å²) in [6, 6.07) is 6.39. The summed E-state index contributed by atoms with van der Waals surface area (Å²) in [5.74, 6) is -0.750. The monoisotopic (exact) mass is 340 g/mol. The molecule has 0 aliphatic heterocycles. The van der Waals surface area contributed by atoms with E-state index >= 15 is 0 Å². The summed E-state index contributed by atoms with van der Waals surface area (Å²) in [5.41, 5.74) is 0.240. The summed E-state index contributed by atoms with van der Waals surface area (Å²) in [7, 11) is 0. The van der Waals surface area contributed by atoms with Gasteiger partial charge in [0.1, 0.15) is 11.6 Å². The van der Waals surface area contributed by atoms with Crippen LogP contribution in [0.2, 0.25) is 10.0 Å². The number of benzene rings is 1. The lowest BCUT2D eigenvalue weighted by molar-refractivity contribution is -0.119. The maximum Gasteiger partial charge on any atom is 0.267 e. The van der Waals surface area contributed by atoms with Gasteiger partial charge in [-0.15, -0.1) is 0 Å². The third kappa shape index (κ3) is 6.04. The van der Waals surface area contributed by atoms with Gasteiger partial charge in [-0.2, -0.15) is 5.26 Å². The minimum absolute atomic E-state index is 0.117. The molecule has 0 fully saturated rings. The lowest BCUT2D eigenvalue weighted by atomic mass is 10.2. The maximum absolute atomic E-state index is 11.9. The second-order valence-corrected chi connectivity index (χ2v) is 5.03. The van der Waals surface area contributed by atoms with Crippen LogP contribution in [0.3, 0.4) is 0 Å². The van der Waals surface area contributed by atoms with Crippen LogP contribution in [0.25, 0.3) is 0 Å². The van der Waals surface area contributed by atoms with Crippen molar-refractivity contribution in [1.82, 2.24) is 10.6 Å². The number of rotatable bonds is 6. The van der Waals surface area contributed by atoms with Gasteiger partial charge in [-0.25, -0.2) is 0 Å². The van der Waals surface area contributed by atoms with Gasteiger partial charge < -0.3 is 16.0 Å². The molecule has 0 saturated heterocycles. The van der Waals surface area contributed by atoms with Gasteiger partial charge in [-0.3, -0.25) is 9.59 Å². The minimum Gasteiger partial charge on any atom is -0.388 e. The molecule has 0 bridgehead atoms. The van der Waals surface area contributed by atoms with E-state index < -0.39 is 5.91 Å². The first-order valence-corrected chi connectivity index (χ1v) is 7.04. The van der Waals surface area contributed by atoms with Gasteiger partial charge in [-0.1, -0.05) is 23.2 Å². The van der Waals surface area contributed by atoms with Crippen LogP contribution in [0.1, 0.15) is 6.92 Å². The highest BCUT2D eigenvalue weighted by Gasteiger charge is 2.11. The lowest BCUT2D eigenvalue weighted by Gasteiger charge is -2.07. The highest BCUT2D eigenvalue weighted by molar-refractivity contribution is 6.36. The molecular weight excluding hydrogens is 327 g/mol. The molecule has 0 atom stereocenters. The van der Waals surface area contributed by atoms with Crippen LogP contribution in [0.5, 0.6) is 0 Å². The zero-order valence-corrected chi connectivity index (χ0v) is 13.3. The standard InChI is InChI=1S/C14H14Cl2N4O2/c1-9(21)19-5-4-18-8-10(7-17)14(22)20-13-3-2-11(15)6-12(13)16/h2-3,6,8,18H,4-5H2,1H3,(H,19,21)(H,20,22)/b10-8-. The average molecular weight is 341 g/mol. The van der Waals surface area contributed by atoms with Crippen molar-refractivity contribution in [2.45, 2.75) is 6.92 Å². The van der Waals surface area contributed by atoms with Gasteiger partial charge in [0, 0.05) is 31.2 Å². The Morgan fingerprint density at radius 2 is 2.05 bits per heavy atom. The quantitative estimate of drug-likeness (QED) is 0.419. The van der Waals surface area contributed by atoms with E-state index in [4.69, 9.17) is 28.5 Å². The van der Waals surface area contributed by atoms with Gasteiger partial charge in [-0.05, 0) is 18.2 Å². The first kappa shape index (κ1) is 17.8. The predicted molar refractivity (Wildman–Crippen MR) is 85.5 cm³/mol. The summed E-state index contributed by atoms with van der Waals surface area (Å²) in [5, 5.41) is 17.6. The maximum atomic E-state index is 11.9. The van der Waals surface area contributed by atoms with Crippen molar-refractivity contribution in [2.75, 3.05) is 18.4 Å². The zero-order valence-electron chi connectivity index (χ0n) is 11.7. The smallest absolute Gasteiger partial charge is 0.267 e. The van der Waals surface area contributed by atoms with Crippen molar-refractivity contribution in [3.8, 4) is 6.07 Å². The Kier molecular flexibility index (Phi) is 7.23. The van der Waals surface area contributed by atoms with Crippen LogP contribution in [-0.4, -0.2) is 24.9 Å². The van der Waals surface area contributed by atoms with Crippen molar-refractivity contribution in [2.24, 2.45) is 0 Å². The number of halogens is 2. The number of hydrogen-bond donors (Lipinski definition) is 3. The van der Waals surface area contributed by atoms with Crippen molar-refractivity contribution < 1.29 is 9.59 Å². The molecule has 1 rings (SSSR count). The number of amides is 2. The van der Waals surface area contributed by atoms with Crippen LogP contribution < -0.4 is 16.0 Å². The summed E-state index contributed by atoms with van der Waals surface area (Å²) in [4.78, 5) is 22.6. The van der Waals surface area contributed by atoms with E-state index in [1.54, 1.807) is 18.2 Å². The second kappa shape index (κ2) is 8.93. The van der Waals surface area contributed by atoms with Gasteiger partial charge in [0.2, 0.25) is 5.91 Å². The Morgan fingerprint density at radius 1 is 1.32 bits per heavy atom. The molecule has 0 aromatic heterocycles. The Labute approximate surface area is 138 Å². The van der Waals surface area contributed by atoms with Crippen LogP contribution >= 0.6 is 23.2 Å². The molecule has 3 N–H and O–H groups in total. The number of nitrogens with one attached hydrogen (secondary N) is 3. The predicted octanol–water partition coefficient (Wildman–Crippen LogP) is 2.07. The lowest BCUT2D eigenvalue weighted by Crippen LogP contribution is -2.28. The average Bonchev–Trinajstić information content (AvgIpc) is 2.45. The number of hydrogen-bond acceptors (Lipinski definition) is 4. The molecule has 0 radical (unpaired) electrons. The fraction of sp³-hybridized carbons (Fsp3) is 0.214. The summed E-state index contributed by atoms with van der Waals surface area (Å²) in [6.45, 7) is 2.18. The highest BCUT2D eigenvalue weighted by Crippen LogP contribution is 2.25. The van der Waals surface area contributed by atoms with Crippen LogP contribution in [0.4, 0.5) is 5.69 Å². The van der Waals surface area contributed by atoms with E-state index in [0.29, 0.717) is 23.8 Å². The van der Waals surface area contributed by atoms with E-state index in [1.807, 2.05) is 0 Å². The first-order chi connectivity index (χ1) is 10.4. The van der Waals surface area contributed by atoms with Crippen LogP contribution in [0, 0.1) is 11.3 Å². The normalized spacial score (nSPS) is 10.5. The molecule has 8 heteroatoms. The second-order valence-electron chi connectivity index (χ2n) is 4.19. The van der Waals surface area contributed by atoms with E-state index in [-0.39, 0.29) is 16.5 Å². The van der Waals surface area contributed by atoms with Crippen LogP contribution in [0.15, 0.2) is 30.0 Å². The summed E-state index contributed by atoms with van der Waals surface area (Å²) >= 11 is 11.7. The molecule has 0 heterocycles. The largest absolute Gasteiger partial charge is 0.388 e. The molecule has 0 aliphatic rings. The fourth-order valence-corrected chi connectivity index (χ4v) is 1.87. The topological polar surface area (TPSA) is 94.0 Å². The molecule has 0 unspecified atom stereocenters. The Hall–Kier alpha value is -2.23. The molecule has 22 heavy (non-hydrogen) atoms. The number of carbonyl (C=O) groups is 2. The minimum atomic E-state index is -0.598. The number of nitrogens with zero attached hydrogens (tertiary/aromatic N) is 1. The molecule has 6 nitrogen and oxygen atoms in total. The van der Waals surface area contributed by atoms with Gasteiger partial charge >= 0.3 is 0 Å². The fourth-order valence-electron chi connectivity index (χ4n) is 1.41. The SMILES string of the molecule is CC(=O)NCCN/C=C(/C#N)C(=O)Nc1ccc(Cl)cc1Cl. The molecule has 1 aromatic rings. The molecule has 0 saturated carbocycles. The molecule has 116 valence electrons. The number of anilines is 1. The van der Waals surface area contributed by atoms with E-state index in [2.05, 4.69) is 16.0 Å². The van der Waals surface area contributed by atoms with Crippen LogP contribution in [-0.2, 0) is 9.59 Å². The number of carbonyl (C=O) groups excluding carboxylic acids is 2. The molecule has 0 aliphatic carbocycles. The highest BCUT2D eigenvalue weighted by atomic mass is 35.5. The molecular formula is C14H14Cl2N4O2. The summed E-state index contributed by atoms with van der Waals surface area (Å²) in [6.07, 6.45) is 1.28. The van der Waals surface area contributed by atoms with Gasteiger partial charge in [0.05, 0.1) is 10.7 Å². The third-order valence-electron chi connectivity index (χ3n) is 2.43. The Morgan fingerprint density at radius 3 is 2.64 bits per heavy atom.